The maximum Gasteiger partial charge on any atom is 0.191 e. The van der Waals surface area contributed by atoms with Gasteiger partial charge in [0.1, 0.15) is 18.5 Å². The van der Waals surface area contributed by atoms with Gasteiger partial charge in [0.05, 0.1) is 19.3 Å². The molecule has 1 aromatic carbocycles. The zero-order chi connectivity index (χ0) is 20.3. The first-order valence-electron chi connectivity index (χ1n) is 10.1. The van der Waals surface area contributed by atoms with E-state index in [1.165, 1.54) is 12.1 Å². The van der Waals surface area contributed by atoms with Crippen LogP contribution in [0.25, 0.3) is 0 Å². The number of aliphatic imine (C=N–C) groups is 1. The molecule has 0 saturated carbocycles. The number of halogens is 2. The van der Waals surface area contributed by atoms with Crippen LogP contribution >= 0.6 is 24.0 Å². The summed E-state index contributed by atoms with van der Waals surface area (Å²) in [4.78, 5) is 6.70. The summed E-state index contributed by atoms with van der Waals surface area (Å²) in [5.74, 6) is 0.557. The minimum atomic E-state index is -0.216. The van der Waals surface area contributed by atoms with Gasteiger partial charge in [-0.3, -0.25) is 9.89 Å². The highest BCUT2D eigenvalue weighted by atomic mass is 127. The highest BCUT2D eigenvalue weighted by Gasteiger charge is 2.23. The van der Waals surface area contributed by atoms with Gasteiger partial charge in [-0.2, -0.15) is 0 Å². The van der Waals surface area contributed by atoms with E-state index in [4.69, 9.17) is 4.74 Å². The molecule has 0 amide bonds. The Morgan fingerprint density at radius 2 is 1.83 bits per heavy atom. The van der Waals surface area contributed by atoms with Crippen LogP contribution in [0.15, 0.2) is 41.9 Å². The van der Waals surface area contributed by atoms with Crippen molar-refractivity contribution in [3.63, 3.8) is 0 Å². The standard InChI is InChI=1S/C20H30FN7O.HI/c1-22-20(23-8-2-3-9-27-15-25-26-16-27)24-14-19(28-10-12-29-13-11-28)17-4-6-18(21)7-5-17;/h4-7,15-16,19H,2-3,8-14H2,1H3,(H2,22,23,24);1H. The molecule has 0 radical (unpaired) electrons. The molecular formula is C20H31FIN7O. The van der Waals surface area contributed by atoms with Crippen LogP contribution < -0.4 is 10.6 Å². The average molecular weight is 531 g/mol. The molecule has 30 heavy (non-hydrogen) atoms. The lowest BCUT2D eigenvalue weighted by Crippen LogP contribution is -2.46. The highest BCUT2D eigenvalue weighted by Crippen LogP contribution is 2.21. The zero-order valence-electron chi connectivity index (χ0n) is 17.3. The van der Waals surface area contributed by atoms with E-state index in [0.29, 0.717) is 6.54 Å². The second-order valence-electron chi connectivity index (χ2n) is 7.00. The summed E-state index contributed by atoms with van der Waals surface area (Å²) in [5, 5.41) is 14.4. The molecule has 1 atom stereocenters. The van der Waals surface area contributed by atoms with E-state index in [9.17, 15) is 4.39 Å². The molecule has 1 aromatic heterocycles. The van der Waals surface area contributed by atoms with Gasteiger partial charge >= 0.3 is 0 Å². The number of hydrogen-bond acceptors (Lipinski definition) is 5. The molecule has 2 heterocycles. The first-order valence-corrected chi connectivity index (χ1v) is 10.1. The Hall–Kier alpha value is -1.79. The molecule has 8 nitrogen and oxygen atoms in total. The van der Waals surface area contributed by atoms with E-state index in [1.807, 2.05) is 16.7 Å². The van der Waals surface area contributed by atoms with Crippen molar-refractivity contribution in [1.82, 2.24) is 30.3 Å². The average Bonchev–Trinajstić information content (AvgIpc) is 3.27. The molecule has 1 saturated heterocycles. The Kier molecular flexibility index (Phi) is 11.0. The summed E-state index contributed by atoms with van der Waals surface area (Å²) in [6.07, 6.45) is 5.52. The molecule has 2 aromatic rings. The van der Waals surface area contributed by atoms with Crippen LogP contribution in [0.2, 0.25) is 0 Å². The van der Waals surface area contributed by atoms with Crippen LogP contribution in [0.3, 0.4) is 0 Å². The largest absolute Gasteiger partial charge is 0.379 e. The number of morpholine rings is 1. The summed E-state index contributed by atoms with van der Waals surface area (Å²) in [7, 11) is 1.77. The molecule has 2 N–H and O–H groups in total. The number of hydrogen-bond donors (Lipinski definition) is 2. The van der Waals surface area contributed by atoms with Crippen LogP contribution in [0.1, 0.15) is 24.4 Å². The van der Waals surface area contributed by atoms with Crippen LogP contribution in [-0.2, 0) is 11.3 Å². The number of nitrogens with one attached hydrogen (secondary N) is 2. The third kappa shape index (κ3) is 7.80. The number of aromatic nitrogens is 3. The van der Waals surface area contributed by atoms with E-state index >= 15 is 0 Å². The van der Waals surface area contributed by atoms with Gasteiger partial charge in [-0.05, 0) is 30.5 Å². The normalized spacial score (nSPS) is 16.0. The fraction of sp³-hybridized carbons (Fsp3) is 0.550. The number of aryl methyl sites for hydroxylation is 1. The van der Waals surface area contributed by atoms with Gasteiger partial charge in [-0.1, -0.05) is 12.1 Å². The van der Waals surface area contributed by atoms with Gasteiger partial charge in [0.15, 0.2) is 5.96 Å². The summed E-state index contributed by atoms with van der Waals surface area (Å²) < 4.78 is 20.8. The van der Waals surface area contributed by atoms with Gasteiger partial charge in [0.25, 0.3) is 0 Å². The summed E-state index contributed by atoms with van der Waals surface area (Å²) in [6.45, 7) is 5.59. The van der Waals surface area contributed by atoms with Crippen molar-refractivity contribution in [3.05, 3.63) is 48.3 Å². The van der Waals surface area contributed by atoms with Gasteiger partial charge in [-0.25, -0.2) is 4.39 Å². The summed E-state index contributed by atoms with van der Waals surface area (Å²) >= 11 is 0. The molecule has 0 bridgehead atoms. The maximum atomic E-state index is 13.4. The van der Waals surface area contributed by atoms with E-state index in [1.54, 1.807) is 19.7 Å². The minimum Gasteiger partial charge on any atom is -0.379 e. The van der Waals surface area contributed by atoms with Crippen molar-refractivity contribution in [2.75, 3.05) is 46.4 Å². The van der Waals surface area contributed by atoms with Crippen molar-refractivity contribution < 1.29 is 9.13 Å². The molecule has 0 aliphatic carbocycles. The zero-order valence-corrected chi connectivity index (χ0v) is 19.7. The van der Waals surface area contributed by atoms with E-state index in [2.05, 4.69) is 30.7 Å². The molecular weight excluding hydrogens is 500 g/mol. The second kappa shape index (κ2) is 13.5. The predicted molar refractivity (Wildman–Crippen MR) is 126 cm³/mol. The third-order valence-corrected chi connectivity index (χ3v) is 5.03. The Balaban J connectivity index is 0.00000320. The Bertz CT molecular complexity index is 736. The van der Waals surface area contributed by atoms with Gasteiger partial charge in [0, 0.05) is 39.8 Å². The van der Waals surface area contributed by atoms with Crippen LogP contribution in [0.5, 0.6) is 0 Å². The summed E-state index contributed by atoms with van der Waals surface area (Å²) in [6, 6.07) is 6.89. The van der Waals surface area contributed by atoms with Crippen LogP contribution in [0, 0.1) is 5.82 Å². The van der Waals surface area contributed by atoms with Crippen LogP contribution in [0.4, 0.5) is 4.39 Å². The fourth-order valence-electron chi connectivity index (χ4n) is 3.41. The fourth-order valence-corrected chi connectivity index (χ4v) is 3.41. The van der Waals surface area contributed by atoms with E-state index in [-0.39, 0.29) is 35.8 Å². The maximum absolute atomic E-state index is 13.4. The number of nitrogens with zero attached hydrogens (tertiary/aromatic N) is 5. The Labute approximate surface area is 194 Å². The molecule has 0 spiro atoms. The van der Waals surface area contributed by atoms with E-state index < -0.39 is 0 Å². The predicted octanol–water partition coefficient (Wildman–Crippen LogP) is 2.05. The number of ether oxygens (including phenoxy) is 1. The molecule has 10 heteroatoms. The second-order valence-corrected chi connectivity index (χ2v) is 7.00. The lowest BCUT2D eigenvalue weighted by molar-refractivity contribution is 0.0170. The lowest BCUT2D eigenvalue weighted by Gasteiger charge is -2.35. The topological polar surface area (TPSA) is 79.6 Å². The van der Waals surface area contributed by atoms with Crippen molar-refractivity contribution >= 4 is 29.9 Å². The number of benzene rings is 1. The molecule has 1 aliphatic rings. The van der Waals surface area contributed by atoms with Crippen molar-refractivity contribution in [2.24, 2.45) is 4.99 Å². The first kappa shape index (κ1) is 24.5. The lowest BCUT2D eigenvalue weighted by atomic mass is 10.0. The summed E-state index contributed by atoms with van der Waals surface area (Å²) in [5.41, 5.74) is 1.09. The van der Waals surface area contributed by atoms with Gasteiger partial charge in [0.2, 0.25) is 0 Å². The van der Waals surface area contributed by atoms with Gasteiger partial charge < -0.3 is 19.9 Å². The SMILES string of the molecule is CN=C(NCCCCn1cnnc1)NCC(c1ccc(F)cc1)N1CCOCC1.I. The van der Waals surface area contributed by atoms with Crippen molar-refractivity contribution in [2.45, 2.75) is 25.4 Å². The monoisotopic (exact) mass is 531 g/mol. The quantitative estimate of drug-likeness (QED) is 0.223. The first-order chi connectivity index (χ1) is 14.3. The molecule has 1 fully saturated rings. The van der Waals surface area contributed by atoms with Gasteiger partial charge in [-0.15, -0.1) is 34.2 Å². The Morgan fingerprint density at radius 3 is 2.50 bits per heavy atom. The molecule has 166 valence electrons. The highest BCUT2D eigenvalue weighted by molar-refractivity contribution is 14.0. The number of rotatable bonds is 9. The van der Waals surface area contributed by atoms with E-state index in [0.717, 1.165) is 63.8 Å². The third-order valence-electron chi connectivity index (χ3n) is 5.03. The number of unbranched alkanes of at least 4 members (excludes halogenated alkanes) is 1. The molecule has 1 unspecified atom stereocenters. The van der Waals surface area contributed by atoms with Crippen LogP contribution in [-0.4, -0.2) is 72.1 Å². The van der Waals surface area contributed by atoms with Crippen molar-refractivity contribution in [3.8, 4) is 0 Å². The minimum absolute atomic E-state index is 0. The molecule has 1 aliphatic heterocycles. The molecule has 3 rings (SSSR count). The van der Waals surface area contributed by atoms with Crippen molar-refractivity contribution in [1.29, 1.82) is 0 Å². The number of guanidine groups is 1. The Morgan fingerprint density at radius 1 is 1.13 bits per heavy atom. The smallest absolute Gasteiger partial charge is 0.191 e.